The average molecular weight is 358 g/mol. The molecular weight excluding hydrogens is 340 g/mol. The summed E-state index contributed by atoms with van der Waals surface area (Å²) < 4.78 is 11.3. The van der Waals surface area contributed by atoms with Gasteiger partial charge in [-0.1, -0.05) is 18.2 Å². The molecule has 3 aromatic heterocycles. The summed E-state index contributed by atoms with van der Waals surface area (Å²) in [5.41, 5.74) is 2.60. The molecular formula is C21H18N4O2. The predicted octanol–water partition coefficient (Wildman–Crippen LogP) is 4.86. The fourth-order valence-corrected chi connectivity index (χ4v) is 2.72. The number of rotatable bonds is 5. The van der Waals surface area contributed by atoms with Crippen LogP contribution >= 0.6 is 0 Å². The molecule has 6 heteroatoms. The third kappa shape index (κ3) is 3.64. The number of aryl methyl sites for hydroxylation is 1. The van der Waals surface area contributed by atoms with Gasteiger partial charge in [0.15, 0.2) is 5.76 Å². The zero-order chi connectivity index (χ0) is 18.6. The number of hydrogen-bond donors (Lipinski definition) is 1. The van der Waals surface area contributed by atoms with E-state index in [9.17, 15) is 0 Å². The van der Waals surface area contributed by atoms with Crippen LogP contribution in [0, 0.1) is 6.92 Å². The molecule has 0 saturated heterocycles. The van der Waals surface area contributed by atoms with E-state index in [0.717, 1.165) is 16.9 Å². The zero-order valence-electron chi connectivity index (χ0n) is 15.0. The quantitative estimate of drug-likeness (QED) is 0.549. The van der Waals surface area contributed by atoms with Crippen LogP contribution in [0.2, 0.25) is 0 Å². The molecule has 0 spiro atoms. The molecule has 0 fully saturated rings. The van der Waals surface area contributed by atoms with Crippen molar-refractivity contribution in [3.05, 3.63) is 72.6 Å². The van der Waals surface area contributed by atoms with Gasteiger partial charge in [-0.15, -0.1) is 0 Å². The van der Waals surface area contributed by atoms with Crippen LogP contribution in [-0.2, 0) is 0 Å². The number of methoxy groups -OCH3 is 1. The molecule has 1 N–H and O–H groups in total. The summed E-state index contributed by atoms with van der Waals surface area (Å²) in [6.07, 6.45) is 3.43. The molecule has 0 radical (unpaired) electrons. The van der Waals surface area contributed by atoms with Crippen molar-refractivity contribution in [2.24, 2.45) is 0 Å². The molecule has 0 unspecified atom stereocenters. The predicted molar refractivity (Wildman–Crippen MR) is 104 cm³/mol. The third-order valence-electron chi connectivity index (χ3n) is 4.02. The van der Waals surface area contributed by atoms with E-state index in [1.165, 1.54) is 0 Å². The van der Waals surface area contributed by atoms with Crippen LogP contribution in [0.25, 0.3) is 22.9 Å². The Morgan fingerprint density at radius 1 is 0.963 bits per heavy atom. The fraction of sp³-hybridized carbons (Fsp3) is 0.0952. The standard InChI is InChI=1S/C21H18N4O2/c1-14-10-11-22-20(12-14)25-19-9-5-7-16(24-19)18-13-23-21(27-18)15-6-3-4-8-17(15)26-2/h3-13H,1-2H3,(H,22,24,25). The van der Waals surface area contributed by atoms with E-state index in [2.05, 4.69) is 20.3 Å². The van der Waals surface area contributed by atoms with E-state index in [4.69, 9.17) is 9.15 Å². The lowest BCUT2D eigenvalue weighted by molar-refractivity contribution is 0.414. The molecule has 0 saturated carbocycles. The van der Waals surface area contributed by atoms with Crippen LogP contribution in [0.5, 0.6) is 5.75 Å². The maximum Gasteiger partial charge on any atom is 0.230 e. The van der Waals surface area contributed by atoms with Gasteiger partial charge >= 0.3 is 0 Å². The van der Waals surface area contributed by atoms with E-state index in [0.29, 0.717) is 28.9 Å². The normalized spacial score (nSPS) is 10.6. The lowest BCUT2D eigenvalue weighted by atomic mass is 10.2. The van der Waals surface area contributed by atoms with Gasteiger partial charge in [-0.05, 0) is 48.9 Å². The highest BCUT2D eigenvalue weighted by Crippen LogP contribution is 2.31. The lowest BCUT2D eigenvalue weighted by Gasteiger charge is -2.06. The summed E-state index contributed by atoms with van der Waals surface area (Å²) in [6, 6.07) is 17.2. The van der Waals surface area contributed by atoms with E-state index in [1.54, 1.807) is 19.5 Å². The van der Waals surface area contributed by atoms with Crippen molar-refractivity contribution in [3.8, 4) is 28.7 Å². The first-order valence-electron chi connectivity index (χ1n) is 8.49. The topological polar surface area (TPSA) is 73.1 Å². The molecule has 134 valence electrons. The Labute approximate surface area is 156 Å². The van der Waals surface area contributed by atoms with Crippen molar-refractivity contribution in [1.29, 1.82) is 0 Å². The SMILES string of the molecule is COc1ccccc1-c1ncc(-c2cccc(Nc3cc(C)ccn3)n2)o1. The molecule has 4 rings (SSSR count). The van der Waals surface area contributed by atoms with Crippen molar-refractivity contribution < 1.29 is 9.15 Å². The minimum Gasteiger partial charge on any atom is -0.496 e. The van der Waals surface area contributed by atoms with Crippen LogP contribution in [0.15, 0.2) is 71.4 Å². The number of nitrogens with zero attached hydrogens (tertiary/aromatic N) is 3. The first-order valence-corrected chi connectivity index (χ1v) is 8.49. The zero-order valence-corrected chi connectivity index (χ0v) is 15.0. The summed E-state index contributed by atoms with van der Waals surface area (Å²) in [5.74, 6) is 3.20. The summed E-state index contributed by atoms with van der Waals surface area (Å²) in [4.78, 5) is 13.3. The van der Waals surface area contributed by atoms with Gasteiger partial charge in [0.05, 0.1) is 18.9 Å². The molecule has 0 aliphatic carbocycles. The minimum absolute atomic E-state index is 0.489. The molecule has 0 aliphatic heterocycles. The van der Waals surface area contributed by atoms with Gasteiger partial charge in [0, 0.05) is 6.20 Å². The largest absolute Gasteiger partial charge is 0.496 e. The molecule has 6 nitrogen and oxygen atoms in total. The second-order valence-electron chi connectivity index (χ2n) is 5.98. The first kappa shape index (κ1) is 16.8. The van der Waals surface area contributed by atoms with Gasteiger partial charge < -0.3 is 14.5 Å². The number of aromatic nitrogens is 3. The van der Waals surface area contributed by atoms with Gasteiger partial charge in [-0.3, -0.25) is 0 Å². The summed E-state index contributed by atoms with van der Waals surface area (Å²) >= 11 is 0. The summed E-state index contributed by atoms with van der Waals surface area (Å²) in [6.45, 7) is 2.02. The van der Waals surface area contributed by atoms with Gasteiger partial charge in [-0.25, -0.2) is 15.0 Å². The number of pyridine rings is 2. The smallest absolute Gasteiger partial charge is 0.230 e. The Kier molecular flexibility index (Phi) is 4.53. The minimum atomic E-state index is 0.489. The Bertz CT molecular complexity index is 1070. The van der Waals surface area contributed by atoms with E-state index >= 15 is 0 Å². The molecule has 0 atom stereocenters. The van der Waals surface area contributed by atoms with Gasteiger partial charge in [0.2, 0.25) is 5.89 Å². The van der Waals surface area contributed by atoms with Crippen LogP contribution in [0.3, 0.4) is 0 Å². The number of oxazole rings is 1. The average Bonchev–Trinajstić information content (AvgIpc) is 3.18. The number of benzene rings is 1. The van der Waals surface area contributed by atoms with E-state index in [1.807, 2.05) is 61.5 Å². The van der Waals surface area contributed by atoms with Gasteiger partial charge in [0.25, 0.3) is 0 Å². The molecule has 4 aromatic rings. The van der Waals surface area contributed by atoms with Crippen molar-refractivity contribution in [1.82, 2.24) is 15.0 Å². The Balaban J connectivity index is 1.62. The molecule has 0 bridgehead atoms. The highest BCUT2D eigenvalue weighted by molar-refractivity contribution is 5.65. The number of ether oxygens (including phenoxy) is 1. The van der Waals surface area contributed by atoms with E-state index in [-0.39, 0.29) is 0 Å². The Morgan fingerprint density at radius 2 is 1.85 bits per heavy atom. The highest BCUT2D eigenvalue weighted by Gasteiger charge is 2.13. The van der Waals surface area contributed by atoms with Crippen molar-refractivity contribution in [2.75, 3.05) is 12.4 Å². The maximum absolute atomic E-state index is 5.93. The third-order valence-corrected chi connectivity index (χ3v) is 4.02. The molecule has 27 heavy (non-hydrogen) atoms. The Hall–Kier alpha value is -3.67. The van der Waals surface area contributed by atoms with Crippen LogP contribution in [0.1, 0.15) is 5.56 Å². The molecule has 1 aromatic carbocycles. The van der Waals surface area contributed by atoms with Crippen molar-refractivity contribution in [3.63, 3.8) is 0 Å². The second kappa shape index (κ2) is 7.29. The molecule has 3 heterocycles. The van der Waals surface area contributed by atoms with Crippen LogP contribution in [0.4, 0.5) is 11.6 Å². The van der Waals surface area contributed by atoms with Crippen LogP contribution < -0.4 is 10.1 Å². The monoisotopic (exact) mass is 358 g/mol. The lowest BCUT2D eigenvalue weighted by Crippen LogP contribution is -1.96. The molecule has 0 aliphatic rings. The van der Waals surface area contributed by atoms with E-state index < -0.39 is 0 Å². The summed E-state index contributed by atoms with van der Waals surface area (Å²) in [5, 5.41) is 3.21. The number of hydrogen-bond acceptors (Lipinski definition) is 6. The van der Waals surface area contributed by atoms with Crippen LogP contribution in [-0.4, -0.2) is 22.1 Å². The summed E-state index contributed by atoms with van der Waals surface area (Å²) in [7, 11) is 1.62. The first-order chi connectivity index (χ1) is 13.2. The number of nitrogens with one attached hydrogen (secondary N) is 1. The second-order valence-corrected chi connectivity index (χ2v) is 5.98. The Morgan fingerprint density at radius 3 is 2.70 bits per heavy atom. The van der Waals surface area contributed by atoms with Crippen molar-refractivity contribution in [2.45, 2.75) is 6.92 Å². The van der Waals surface area contributed by atoms with Gasteiger partial charge in [-0.2, -0.15) is 0 Å². The molecule has 0 amide bonds. The fourth-order valence-electron chi connectivity index (χ4n) is 2.72. The van der Waals surface area contributed by atoms with Crippen molar-refractivity contribution >= 4 is 11.6 Å². The highest BCUT2D eigenvalue weighted by atomic mass is 16.5. The van der Waals surface area contributed by atoms with Gasteiger partial charge in [0.1, 0.15) is 23.1 Å². The number of anilines is 2. The number of para-hydroxylation sites is 1. The maximum atomic E-state index is 5.93.